The van der Waals surface area contributed by atoms with Gasteiger partial charge in [-0.2, -0.15) is 0 Å². The van der Waals surface area contributed by atoms with Crippen LogP contribution in [-0.4, -0.2) is 155 Å². The van der Waals surface area contributed by atoms with Gasteiger partial charge in [-0.3, -0.25) is 47.9 Å². The average Bonchev–Trinajstić information content (AvgIpc) is 3.84. The van der Waals surface area contributed by atoms with Crippen LogP contribution >= 0.6 is 21.6 Å². The first kappa shape index (κ1) is 58.9. The van der Waals surface area contributed by atoms with E-state index in [1.54, 1.807) is 38.1 Å². The van der Waals surface area contributed by atoms with Gasteiger partial charge >= 0.3 is 0 Å². The van der Waals surface area contributed by atoms with E-state index in [4.69, 9.17) is 21.9 Å². The molecule has 1 aromatic rings. The number of nitrogens with zero attached hydrogens (tertiary/aromatic N) is 1. The number of carbonyl (C=O) groups is 10. The molecule has 3 fully saturated rings. The molecule has 1 spiro atoms. The van der Waals surface area contributed by atoms with Crippen molar-refractivity contribution < 1.29 is 57.8 Å². The van der Waals surface area contributed by atoms with Crippen LogP contribution in [-0.2, 0) is 54.4 Å². The fourth-order valence-corrected chi connectivity index (χ4v) is 12.2. The maximum Gasteiger partial charge on any atom is 0.246 e. The van der Waals surface area contributed by atoms with Crippen LogP contribution < -0.4 is 59.2 Å². The van der Waals surface area contributed by atoms with Crippen molar-refractivity contribution in [1.29, 1.82) is 0 Å². The van der Waals surface area contributed by atoms with Gasteiger partial charge in [-0.05, 0) is 75.6 Å². The Kier molecular flexibility index (Phi) is 23.4. The number of hydrogen-bond acceptors (Lipinski definition) is 15. The van der Waals surface area contributed by atoms with Crippen molar-refractivity contribution in [1.82, 2.24) is 42.1 Å². The summed E-state index contributed by atoms with van der Waals surface area (Å²) >= 11 is 0. The smallest absolute Gasteiger partial charge is 0.246 e. The molecule has 25 heteroatoms. The number of methoxy groups -OCH3 is 1. The summed E-state index contributed by atoms with van der Waals surface area (Å²) in [6, 6.07) is -2.64. The SMILES string of the molecule is CC[C@H](C)[C@H]1NC(=O)[C@@H](Cc2ccc(OC)cc2)NC(=O)CC2(CCCCC2)SSC[C@H](C(=O)N2CCC[C@H]2C(=O)N[C@@H](CCCN)C(=O)NCC(N)=O)NC(=O)[C@@H](CC(N)=O)NC(=O)[C@H]([C@H](C)O)NC1=O. The molecular weight excluding hydrogens is 975 g/mol. The second kappa shape index (κ2) is 28.5. The summed E-state index contributed by atoms with van der Waals surface area (Å²) in [4.78, 5) is 138. The molecule has 23 nitrogen and oxygen atoms in total. The highest BCUT2D eigenvalue weighted by molar-refractivity contribution is 8.77. The van der Waals surface area contributed by atoms with E-state index in [-0.39, 0.29) is 44.5 Å². The van der Waals surface area contributed by atoms with Gasteiger partial charge in [0.1, 0.15) is 48.0 Å². The third kappa shape index (κ3) is 17.5. The summed E-state index contributed by atoms with van der Waals surface area (Å²) in [6.45, 7) is 4.50. The number of amides is 10. The number of rotatable bonds is 17. The first-order valence-electron chi connectivity index (χ1n) is 24.5. The number of nitrogens with one attached hydrogen (secondary N) is 7. The van der Waals surface area contributed by atoms with Crippen molar-refractivity contribution in [2.75, 3.05) is 32.5 Å². The topological polar surface area (TPSA) is 366 Å². The predicted molar refractivity (Wildman–Crippen MR) is 269 cm³/mol. The Hall–Kier alpha value is -5.66. The fourth-order valence-electron chi connectivity index (χ4n) is 8.84. The number of benzene rings is 1. The van der Waals surface area contributed by atoms with Crippen molar-refractivity contribution in [2.45, 2.75) is 157 Å². The minimum atomic E-state index is -1.74. The molecular formula is C47H73N11O12S2. The van der Waals surface area contributed by atoms with Crippen molar-refractivity contribution in [3.63, 3.8) is 0 Å². The molecule has 0 bridgehead atoms. The summed E-state index contributed by atoms with van der Waals surface area (Å²) in [5.41, 5.74) is 17.1. The molecule has 0 aromatic heterocycles. The first-order chi connectivity index (χ1) is 34.2. The maximum atomic E-state index is 14.8. The zero-order valence-corrected chi connectivity index (χ0v) is 43.1. The van der Waals surface area contributed by atoms with Crippen LogP contribution in [0.25, 0.3) is 0 Å². The Bertz CT molecular complexity index is 2090. The van der Waals surface area contributed by atoms with E-state index >= 15 is 0 Å². The van der Waals surface area contributed by atoms with Gasteiger partial charge in [0.15, 0.2) is 0 Å². The molecule has 1 aromatic carbocycles. The van der Waals surface area contributed by atoms with E-state index in [0.717, 1.165) is 19.3 Å². The molecule has 72 heavy (non-hydrogen) atoms. The lowest BCUT2D eigenvalue weighted by atomic mass is 9.85. The van der Waals surface area contributed by atoms with E-state index in [1.807, 2.05) is 0 Å². The molecule has 10 amide bonds. The van der Waals surface area contributed by atoms with Gasteiger partial charge in [0, 0.05) is 29.9 Å². The van der Waals surface area contributed by atoms with Crippen LogP contribution in [0, 0.1) is 5.92 Å². The highest BCUT2D eigenvalue weighted by atomic mass is 33.1. The number of nitrogens with two attached hydrogens (primary N) is 3. The Morgan fingerprint density at radius 1 is 0.861 bits per heavy atom. The molecule has 2 saturated heterocycles. The van der Waals surface area contributed by atoms with Gasteiger partial charge in [0.25, 0.3) is 0 Å². The lowest BCUT2D eigenvalue weighted by Crippen LogP contribution is -2.63. The van der Waals surface area contributed by atoms with Crippen LogP contribution in [0.2, 0.25) is 0 Å². The van der Waals surface area contributed by atoms with Gasteiger partial charge in [-0.25, -0.2) is 0 Å². The normalized spacial score (nSPS) is 25.0. The standard InChI is InChI=1S/C47H73N11O12S2/c1-5-26(2)38-44(67)57-39(27(3)59)45(68)54-32(22-35(49)60)41(64)55-33(46(69)58-20-10-12-34(58)43(66)53-30(11-9-19-48)40(63)51-24-36(50)61)25-71-72-47(17-7-6-8-18-47)23-37(62)52-31(42(65)56-38)21-28-13-15-29(70-4)16-14-28/h13-16,26-27,30-34,38-39,59H,5-12,17-25,48H2,1-4H3,(H2,49,60)(H2,50,61)(H,51,63)(H,52,62)(H,53,66)(H,54,68)(H,55,64)(H,56,65)(H,57,67)/t26-,27-,30-,31+,32+,33+,34-,38+,39-/m0/s1. The van der Waals surface area contributed by atoms with Crippen molar-refractivity contribution in [3.05, 3.63) is 29.8 Å². The number of aliphatic hydroxyl groups is 1. The zero-order chi connectivity index (χ0) is 53.1. The van der Waals surface area contributed by atoms with Crippen LogP contribution in [0.5, 0.6) is 5.75 Å². The minimum absolute atomic E-state index is 0.0289. The monoisotopic (exact) mass is 1050 g/mol. The second-order valence-electron chi connectivity index (χ2n) is 18.7. The summed E-state index contributed by atoms with van der Waals surface area (Å²) in [7, 11) is 4.08. The number of carbonyl (C=O) groups excluding carboxylic acids is 10. The Morgan fingerprint density at radius 3 is 2.12 bits per heavy atom. The van der Waals surface area contributed by atoms with Crippen LogP contribution in [0.1, 0.15) is 103 Å². The summed E-state index contributed by atoms with van der Waals surface area (Å²) in [5, 5.41) is 29.2. The van der Waals surface area contributed by atoms with Gasteiger partial charge in [0.05, 0.1) is 26.2 Å². The molecule has 4 rings (SSSR count). The molecule has 0 unspecified atom stereocenters. The highest BCUT2D eigenvalue weighted by Crippen LogP contribution is 2.48. The molecule has 9 atom stereocenters. The predicted octanol–water partition coefficient (Wildman–Crippen LogP) is -1.73. The summed E-state index contributed by atoms with van der Waals surface area (Å²) in [6.07, 6.45) is 2.68. The third-order valence-electron chi connectivity index (χ3n) is 13.1. The number of likely N-dealkylation sites (tertiary alicyclic amines) is 1. The quantitative estimate of drug-likeness (QED) is 0.0773. The van der Waals surface area contributed by atoms with Gasteiger partial charge in [-0.1, -0.05) is 73.3 Å². The van der Waals surface area contributed by atoms with E-state index in [0.29, 0.717) is 43.4 Å². The minimum Gasteiger partial charge on any atom is -0.497 e. The van der Waals surface area contributed by atoms with Crippen LogP contribution in [0.15, 0.2) is 24.3 Å². The molecule has 400 valence electrons. The number of hydrogen-bond donors (Lipinski definition) is 11. The molecule has 2 aliphatic heterocycles. The molecule has 1 aliphatic carbocycles. The van der Waals surface area contributed by atoms with Crippen molar-refractivity contribution >= 4 is 80.7 Å². The summed E-state index contributed by atoms with van der Waals surface area (Å²) < 4.78 is 4.61. The number of primary amides is 2. The lowest BCUT2D eigenvalue weighted by molar-refractivity contribution is -0.142. The second-order valence-corrected chi connectivity index (χ2v) is 21.5. The molecule has 3 aliphatic rings. The Labute approximate surface area is 427 Å². The Morgan fingerprint density at radius 2 is 1.51 bits per heavy atom. The molecule has 0 radical (unpaired) electrons. The van der Waals surface area contributed by atoms with E-state index in [9.17, 15) is 53.1 Å². The molecule has 2 heterocycles. The van der Waals surface area contributed by atoms with Crippen molar-refractivity contribution in [3.8, 4) is 5.75 Å². The Balaban J connectivity index is 1.75. The van der Waals surface area contributed by atoms with Crippen molar-refractivity contribution in [2.24, 2.45) is 23.1 Å². The molecule has 1 saturated carbocycles. The van der Waals surface area contributed by atoms with E-state index in [1.165, 1.54) is 40.5 Å². The fraction of sp³-hybridized carbons (Fsp3) is 0.660. The largest absolute Gasteiger partial charge is 0.497 e. The zero-order valence-electron chi connectivity index (χ0n) is 41.5. The summed E-state index contributed by atoms with van der Waals surface area (Å²) in [5.74, 6) is -8.08. The lowest BCUT2D eigenvalue weighted by Gasteiger charge is -2.37. The van der Waals surface area contributed by atoms with Gasteiger partial charge < -0.3 is 69.2 Å². The molecule has 14 N–H and O–H groups in total. The van der Waals surface area contributed by atoms with E-state index < -0.39 is 131 Å². The first-order valence-corrected chi connectivity index (χ1v) is 26.8. The number of aliphatic hydroxyl groups excluding tert-OH is 1. The highest BCUT2D eigenvalue weighted by Gasteiger charge is 2.43. The van der Waals surface area contributed by atoms with Crippen LogP contribution in [0.3, 0.4) is 0 Å². The van der Waals surface area contributed by atoms with E-state index in [2.05, 4.69) is 37.2 Å². The third-order valence-corrected chi connectivity index (χ3v) is 16.4. The van der Waals surface area contributed by atoms with Gasteiger partial charge in [0.2, 0.25) is 59.1 Å². The maximum absolute atomic E-state index is 14.8. The number of ether oxygens (including phenoxy) is 1. The average molecular weight is 1050 g/mol. The van der Waals surface area contributed by atoms with Crippen LogP contribution in [0.4, 0.5) is 0 Å². The van der Waals surface area contributed by atoms with Gasteiger partial charge in [-0.15, -0.1) is 0 Å².